The predicted octanol–water partition coefficient (Wildman–Crippen LogP) is 3.74. The maximum absolute atomic E-state index is 12.6. The summed E-state index contributed by atoms with van der Waals surface area (Å²) in [4.78, 5) is 24.8. The van der Waals surface area contributed by atoms with Gasteiger partial charge in [-0.3, -0.25) is 5.32 Å². The zero-order valence-corrected chi connectivity index (χ0v) is 17.2. The summed E-state index contributed by atoms with van der Waals surface area (Å²) in [5, 5.41) is 10.5. The normalized spacial score (nSPS) is 24.0. The number of benzene rings is 3. The van der Waals surface area contributed by atoms with Crippen LogP contribution in [0.1, 0.15) is 0 Å². The van der Waals surface area contributed by atoms with Crippen LogP contribution >= 0.6 is 0 Å². The van der Waals surface area contributed by atoms with E-state index in [0.29, 0.717) is 5.69 Å². The van der Waals surface area contributed by atoms with Crippen molar-refractivity contribution in [1.82, 2.24) is 5.32 Å². The summed E-state index contributed by atoms with van der Waals surface area (Å²) in [5.41, 5.74) is 1.37. The fraction of sp³-hybridized carbons (Fsp3) is 0.250. The van der Waals surface area contributed by atoms with Gasteiger partial charge in [0, 0.05) is 11.1 Å². The lowest BCUT2D eigenvalue weighted by Crippen LogP contribution is -2.46. The van der Waals surface area contributed by atoms with E-state index in [1.54, 1.807) is 12.1 Å². The second-order valence-electron chi connectivity index (χ2n) is 7.76. The molecule has 0 spiro atoms. The first-order valence-electron chi connectivity index (χ1n) is 10.5. The fourth-order valence-corrected chi connectivity index (χ4v) is 4.16. The molecule has 3 amide bonds. The van der Waals surface area contributed by atoms with Crippen molar-refractivity contribution in [3.8, 4) is 0 Å². The molecule has 0 saturated carbocycles. The van der Waals surface area contributed by atoms with Crippen LogP contribution in [-0.4, -0.2) is 49.7 Å². The van der Waals surface area contributed by atoms with Gasteiger partial charge in [0.05, 0.1) is 24.9 Å². The Labute approximate surface area is 184 Å². The molecule has 8 heteroatoms. The van der Waals surface area contributed by atoms with Crippen LogP contribution in [0.5, 0.6) is 0 Å². The molecule has 5 rings (SSSR count). The van der Waals surface area contributed by atoms with Crippen molar-refractivity contribution in [1.29, 1.82) is 0 Å². The molecule has 8 nitrogen and oxygen atoms in total. The van der Waals surface area contributed by atoms with Crippen molar-refractivity contribution in [3.63, 3.8) is 0 Å². The SMILES string of the molecule is O=C(Nc1cccc2ccccc12)N[C@H]1CO[C@H]2[C@H]1OC[C@@H]2OC(=O)Nc1ccccc1. The van der Waals surface area contributed by atoms with Crippen LogP contribution in [0.25, 0.3) is 10.8 Å². The molecule has 3 aromatic carbocycles. The van der Waals surface area contributed by atoms with Crippen LogP contribution < -0.4 is 16.0 Å². The lowest BCUT2D eigenvalue weighted by Gasteiger charge is -2.18. The van der Waals surface area contributed by atoms with E-state index >= 15 is 0 Å². The number of fused-ring (bicyclic) bond motifs is 2. The predicted molar refractivity (Wildman–Crippen MR) is 120 cm³/mol. The standard InChI is InChI=1S/C24H23N3O5/c28-23(26-18-12-6-8-15-7-4-5-11-17(15)18)27-19-13-30-22-20(14-31-21(19)22)32-24(29)25-16-9-2-1-3-10-16/h1-12,19-22H,13-14H2,(H,25,29)(H2,26,27,28)/t19-,20-,21-,22+/m0/s1. The van der Waals surface area contributed by atoms with Gasteiger partial charge in [0.15, 0.2) is 6.10 Å². The largest absolute Gasteiger partial charge is 0.441 e. The molecule has 3 N–H and O–H groups in total. The van der Waals surface area contributed by atoms with Gasteiger partial charge in [-0.1, -0.05) is 54.6 Å². The van der Waals surface area contributed by atoms with E-state index in [4.69, 9.17) is 14.2 Å². The average molecular weight is 433 g/mol. The van der Waals surface area contributed by atoms with Crippen LogP contribution in [0.4, 0.5) is 21.0 Å². The van der Waals surface area contributed by atoms with Gasteiger partial charge in [-0.25, -0.2) is 9.59 Å². The Kier molecular flexibility index (Phi) is 5.62. The lowest BCUT2D eigenvalue weighted by molar-refractivity contribution is 0.00874. The maximum atomic E-state index is 12.6. The highest BCUT2D eigenvalue weighted by Gasteiger charge is 2.50. The second-order valence-corrected chi connectivity index (χ2v) is 7.76. The zero-order valence-electron chi connectivity index (χ0n) is 17.2. The van der Waals surface area contributed by atoms with Gasteiger partial charge >= 0.3 is 12.1 Å². The van der Waals surface area contributed by atoms with Crippen molar-refractivity contribution in [2.75, 3.05) is 23.8 Å². The van der Waals surface area contributed by atoms with E-state index < -0.39 is 18.3 Å². The Hall–Kier alpha value is -3.62. The number of carbonyl (C=O) groups is 2. The minimum absolute atomic E-state index is 0.209. The number of carbonyl (C=O) groups excluding carboxylic acids is 2. The molecular formula is C24H23N3O5. The van der Waals surface area contributed by atoms with Crippen molar-refractivity contribution in [2.45, 2.75) is 24.4 Å². The Morgan fingerprint density at radius 3 is 2.44 bits per heavy atom. The number of hydrogen-bond acceptors (Lipinski definition) is 5. The third-order valence-corrected chi connectivity index (χ3v) is 5.64. The van der Waals surface area contributed by atoms with Crippen LogP contribution in [-0.2, 0) is 14.2 Å². The van der Waals surface area contributed by atoms with E-state index in [1.807, 2.05) is 60.7 Å². The number of anilines is 2. The van der Waals surface area contributed by atoms with Crippen molar-refractivity contribution in [2.24, 2.45) is 0 Å². The number of urea groups is 1. The maximum Gasteiger partial charge on any atom is 0.412 e. The van der Waals surface area contributed by atoms with Crippen molar-refractivity contribution >= 4 is 34.3 Å². The first kappa shape index (κ1) is 20.3. The molecule has 32 heavy (non-hydrogen) atoms. The summed E-state index contributed by atoms with van der Waals surface area (Å²) in [5.74, 6) is 0. The summed E-state index contributed by atoms with van der Waals surface area (Å²) >= 11 is 0. The molecule has 0 aromatic heterocycles. The topological polar surface area (TPSA) is 97.9 Å². The minimum atomic E-state index is -0.570. The number of para-hydroxylation sites is 1. The summed E-state index contributed by atoms with van der Waals surface area (Å²) < 4.78 is 17.1. The molecule has 2 fully saturated rings. The Morgan fingerprint density at radius 1 is 0.812 bits per heavy atom. The van der Waals surface area contributed by atoms with E-state index in [-0.39, 0.29) is 31.4 Å². The van der Waals surface area contributed by atoms with E-state index in [0.717, 1.165) is 16.5 Å². The van der Waals surface area contributed by atoms with Crippen molar-refractivity contribution < 1.29 is 23.8 Å². The first-order chi connectivity index (χ1) is 15.7. The van der Waals surface area contributed by atoms with Crippen LogP contribution in [0.15, 0.2) is 72.8 Å². The van der Waals surface area contributed by atoms with Crippen molar-refractivity contribution in [3.05, 3.63) is 72.8 Å². The van der Waals surface area contributed by atoms with Crippen LogP contribution in [0.3, 0.4) is 0 Å². The van der Waals surface area contributed by atoms with Gasteiger partial charge in [0.2, 0.25) is 0 Å². The van der Waals surface area contributed by atoms with E-state index in [2.05, 4.69) is 16.0 Å². The molecule has 2 heterocycles. The third kappa shape index (κ3) is 4.23. The highest BCUT2D eigenvalue weighted by molar-refractivity contribution is 6.01. The molecule has 2 aliphatic rings. The molecule has 0 radical (unpaired) electrons. The van der Waals surface area contributed by atoms with Gasteiger partial charge in [0.25, 0.3) is 0 Å². The number of ether oxygens (including phenoxy) is 3. The smallest absolute Gasteiger partial charge is 0.412 e. The van der Waals surface area contributed by atoms with Crippen LogP contribution in [0, 0.1) is 0 Å². The summed E-state index contributed by atoms with van der Waals surface area (Å²) in [7, 11) is 0. The molecule has 0 aliphatic carbocycles. The second kappa shape index (κ2) is 8.86. The molecule has 0 unspecified atom stereocenters. The molecule has 0 bridgehead atoms. The average Bonchev–Trinajstić information content (AvgIpc) is 3.38. The van der Waals surface area contributed by atoms with Gasteiger partial charge in [-0.15, -0.1) is 0 Å². The quantitative estimate of drug-likeness (QED) is 0.582. The molecule has 2 saturated heterocycles. The summed E-state index contributed by atoms with van der Waals surface area (Å²) in [6.45, 7) is 0.485. The number of nitrogens with one attached hydrogen (secondary N) is 3. The van der Waals surface area contributed by atoms with Gasteiger partial charge in [-0.2, -0.15) is 0 Å². The Balaban J connectivity index is 1.17. The van der Waals surface area contributed by atoms with Gasteiger partial charge in [-0.05, 0) is 23.6 Å². The minimum Gasteiger partial charge on any atom is -0.441 e. The monoisotopic (exact) mass is 433 g/mol. The lowest BCUT2D eigenvalue weighted by atomic mass is 10.1. The van der Waals surface area contributed by atoms with Gasteiger partial charge in [0.1, 0.15) is 12.2 Å². The molecular weight excluding hydrogens is 410 g/mol. The number of amides is 3. The third-order valence-electron chi connectivity index (χ3n) is 5.64. The number of rotatable bonds is 4. The molecule has 2 aliphatic heterocycles. The number of hydrogen-bond donors (Lipinski definition) is 3. The summed E-state index contributed by atoms with van der Waals surface area (Å²) in [6, 6.07) is 22.0. The Bertz CT molecular complexity index is 1120. The Morgan fingerprint density at radius 2 is 1.56 bits per heavy atom. The van der Waals surface area contributed by atoms with E-state index in [1.165, 1.54) is 0 Å². The molecule has 164 valence electrons. The van der Waals surface area contributed by atoms with Crippen LogP contribution in [0.2, 0.25) is 0 Å². The first-order valence-corrected chi connectivity index (χ1v) is 10.5. The summed E-state index contributed by atoms with van der Waals surface area (Å²) in [6.07, 6.45) is -1.93. The van der Waals surface area contributed by atoms with Gasteiger partial charge < -0.3 is 24.8 Å². The highest BCUT2D eigenvalue weighted by atomic mass is 16.6. The zero-order chi connectivity index (χ0) is 21.9. The molecule has 4 atom stereocenters. The fourth-order valence-electron chi connectivity index (χ4n) is 4.16. The molecule has 3 aromatic rings. The van der Waals surface area contributed by atoms with E-state index in [9.17, 15) is 9.59 Å². The highest BCUT2D eigenvalue weighted by Crippen LogP contribution is 2.29.